The SMILES string of the molecule is CC(CC(=O)OC(C)(C)C)c1ncc(Br)s1. The van der Waals surface area contributed by atoms with E-state index in [1.54, 1.807) is 17.5 Å². The van der Waals surface area contributed by atoms with Gasteiger partial charge in [-0.2, -0.15) is 0 Å². The van der Waals surface area contributed by atoms with Crippen molar-refractivity contribution in [1.82, 2.24) is 4.98 Å². The number of rotatable bonds is 3. The molecule has 0 aliphatic carbocycles. The fraction of sp³-hybridized carbons (Fsp3) is 0.636. The van der Waals surface area contributed by atoms with Gasteiger partial charge in [0.2, 0.25) is 0 Å². The summed E-state index contributed by atoms with van der Waals surface area (Å²) in [6.45, 7) is 7.59. The molecule has 0 radical (unpaired) electrons. The van der Waals surface area contributed by atoms with E-state index in [1.807, 2.05) is 27.7 Å². The van der Waals surface area contributed by atoms with Crippen LogP contribution in [0.15, 0.2) is 9.98 Å². The number of hydrogen-bond acceptors (Lipinski definition) is 4. The molecule has 1 atom stereocenters. The Labute approximate surface area is 108 Å². The van der Waals surface area contributed by atoms with Gasteiger partial charge in [-0.3, -0.25) is 4.79 Å². The molecule has 0 aliphatic heterocycles. The predicted octanol–water partition coefficient (Wildman–Crippen LogP) is 3.74. The summed E-state index contributed by atoms with van der Waals surface area (Å²) in [5.41, 5.74) is -0.416. The molecule has 0 bridgehead atoms. The molecule has 3 nitrogen and oxygen atoms in total. The molecule has 5 heteroatoms. The third-order valence-electron chi connectivity index (χ3n) is 1.81. The number of esters is 1. The first-order valence-corrected chi connectivity index (χ1v) is 6.72. The van der Waals surface area contributed by atoms with Crippen molar-refractivity contribution in [1.29, 1.82) is 0 Å². The van der Waals surface area contributed by atoms with E-state index in [4.69, 9.17) is 4.74 Å². The quantitative estimate of drug-likeness (QED) is 0.799. The van der Waals surface area contributed by atoms with Gasteiger partial charge in [0.1, 0.15) is 5.60 Å². The molecule has 16 heavy (non-hydrogen) atoms. The number of halogens is 1. The Morgan fingerprint density at radius 1 is 1.62 bits per heavy atom. The van der Waals surface area contributed by atoms with E-state index in [0.29, 0.717) is 6.42 Å². The fourth-order valence-corrected chi connectivity index (χ4v) is 2.51. The summed E-state index contributed by atoms with van der Waals surface area (Å²) in [6, 6.07) is 0. The van der Waals surface area contributed by atoms with Crippen molar-refractivity contribution in [2.24, 2.45) is 0 Å². The molecule has 0 amide bonds. The highest BCUT2D eigenvalue weighted by atomic mass is 79.9. The van der Waals surface area contributed by atoms with Gasteiger partial charge in [0.05, 0.1) is 21.4 Å². The van der Waals surface area contributed by atoms with Crippen LogP contribution in [-0.4, -0.2) is 16.6 Å². The minimum atomic E-state index is -0.416. The Bertz CT molecular complexity index is 370. The maximum Gasteiger partial charge on any atom is 0.307 e. The summed E-state index contributed by atoms with van der Waals surface area (Å²) in [6.07, 6.45) is 2.13. The number of hydrogen-bond donors (Lipinski definition) is 0. The molecule has 0 N–H and O–H groups in total. The average molecular weight is 306 g/mol. The van der Waals surface area contributed by atoms with Crippen molar-refractivity contribution in [3.05, 3.63) is 15.0 Å². The van der Waals surface area contributed by atoms with Gasteiger partial charge in [-0.15, -0.1) is 11.3 Å². The lowest BCUT2D eigenvalue weighted by Gasteiger charge is -2.20. The first kappa shape index (κ1) is 13.6. The Hall–Kier alpha value is -0.420. The van der Waals surface area contributed by atoms with Crippen LogP contribution in [0, 0.1) is 0 Å². The topological polar surface area (TPSA) is 39.2 Å². The number of nitrogens with zero attached hydrogens (tertiary/aromatic N) is 1. The lowest BCUT2D eigenvalue weighted by molar-refractivity contribution is -0.155. The van der Waals surface area contributed by atoms with Gasteiger partial charge >= 0.3 is 5.97 Å². The highest BCUT2D eigenvalue weighted by molar-refractivity contribution is 9.11. The van der Waals surface area contributed by atoms with E-state index in [2.05, 4.69) is 20.9 Å². The maximum absolute atomic E-state index is 11.6. The van der Waals surface area contributed by atoms with Gasteiger partial charge in [-0.05, 0) is 36.7 Å². The van der Waals surface area contributed by atoms with E-state index in [1.165, 1.54) is 0 Å². The highest BCUT2D eigenvalue weighted by Crippen LogP contribution is 2.28. The smallest absolute Gasteiger partial charge is 0.307 e. The molecule has 1 heterocycles. The van der Waals surface area contributed by atoms with Crippen LogP contribution in [0.2, 0.25) is 0 Å². The molecule has 1 rings (SSSR count). The molecule has 1 aromatic heterocycles. The molecule has 0 saturated carbocycles. The standard InChI is InChI=1S/C11H16BrNO2S/c1-7(10-13-6-8(12)16-10)5-9(14)15-11(2,3)4/h6-7H,5H2,1-4H3. The zero-order chi connectivity index (χ0) is 12.3. The number of aromatic nitrogens is 1. The summed E-state index contributed by atoms with van der Waals surface area (Å²) in [5, 5.41) is 0.956. The number of thiazole rings is 1. The largest absolute Gasteiger partial charge is 0.460 e. The zero-order valence-corrected chi connectivity index (χ0v) is 12.3. The van der Waals surface area contributed by atoms with E-state index in [-0.39, 0.29) is 11.9 Å². The van der Waals surface area contributed by atoms with E-state index in [9.17, 15) is 4.79 Å². The molecule has 0 saturated heterocycles. The molecule has 0 fully saturated rings. The van der Waals surface area contributed by atoms with Crippen molar-refractivity contribution in [2.45, 2.75) is 45.6 Å². The van der Waals surface area contributed by atoms with Crippen molar-refractivity contribution in [2.75, 3.05) is 0 Å². The molecular weight excluding hydrogens is 290 g/mol. The summed E-state index contributed by atoms with van der Waals surface area (Å²) in [7, 11) is 0. The highest BCUT2D eigenvalue weighted by Gasteiger charge is 2.20. The van der Waals surface area contributed by atoms with Crippen LogP contribution in [0.4, 0.5) is 0 Å². The summed E-state index contributed by atoms with van der Waals surface area (Å²) in [5.74, 6) is -0.0718. The first-order valence-electron chi connectivity index (χ1n) is 5.11. The van der Waals surface area contributed by atoms with Crippen LogP contribution in [0.25, 0.3) is 0 Å². The Kier molecular flexibility index (Phi) is 4.50. The Morgan fingerprint density at radius 3 is 2.69 bits per heavy atom. The van der Waals surface area contributed by atoms with Crippen molar-refractivity contribution in [3.63, 3.8) is 0 Å². The van der Waals surface area contributed by atoms with Crippen LogP contribution < -0.4 is 0 Å². The summed E-state index contributed by atoms with van der Waals surface area (Å²) >= 11 is 4.91. The normalized spacial score (nSPS) is 13.6. The second kappa shape index (κ2) is 5.27. The summed E-state index contributed by atoms with van der Waals surface area (Å²) in [4.78, 5) is 15.8. The minimum absolute atomic E-state index is 0.103. The van der Waals surface area contributed by atoms with Gasteiger partial charge in [0, 0.05) is 5.92 Å². The monoisotopic (exact) mass is 305 g/mol. The number of ether oxygens (including phenoxy) is 1. The predicted molar refractivity (Wildman–Crippen MR) is 68.7 cm³/mol. The van der Waals surface area contributed by atoms with Crippen LogP contribution in [0.1, 0.15) is 45.0 Å². The second-order valence-corrected chi connectivity index (χ2v) is 7.14. The molecule has 0 aromatic carbocycles. The zero-order valence-electron chi connectivity index (χ0n) is 9.91. The molecule has 0 spiro atoms. The van der Waals surface area contributed by atoms with Crippen molar-refractivity contribution >= 4 is 33.2 Å². The van der Waals surface area contributed by atoms with E-state index < -0.39 is 5.60 Å². The lowest BCUT2D eigenvalue weighted by atomic mass is 10.1. The maximum atomic E-state index is 11.6. The first-order chi connectivity index (χ1) is 7.28. The van der Waals surface area contributed by atoms with E-state index >= 15 is 0 Å². The lowest BCUT2D eigenvalue weighted by Crippen LogP contribution is -2.24. The molecular formula is C11H16BrNO2S. The Balaban J connectivity index is 2.52. The van der Waals surface area contributed by atoms with Gasteiger partial charge in [-0.1, -0.05) is 6.92 Å². The van der Waals surface area contributed by atoms with Crippen molar-refractivity contribution < 1.29 is 9.53 Å². The fourth-order valence-electron chi connectivity index (χ4n) is 1.22. The Morgan fingerprint density at radius 2 is 2.25 bits per heavy atom. The van der Waals surface area contributed by atoms with Crippen LogP contribution in [0.3, 0.4) is 0 Å². The number of carbonyl (C=O) groups excluding carboxylic acids is 1. The average Bonchev–Trinajstić information content (AvgIpc) is 2.47. The third-order valence-corrected chi connectivity index (χ3v) is 3.52. The molecule has 1 unspecified atom stereocenters. The van der Waals surface area contributed by atoms with Crippen LogP contribution in [-0.2, 0) is 9.53 Å². The van der Waals surface area contributed by atoms with Gasteiger partial charge in [0.25, 0.3) is 0 Å². The second-order valence-electron chi connectivity index (χ2n) is 4.69. The third kappa shape index (κ3) is 4.61. The molecule has 0 aliphatic rings. The van der Waals surface area contributed by atoms with Gasteiger partial charge < -0.3 is 4.74 Å². The van der Waals surface area contributed by atoms with Crippen LogP contribution >= 0.6 is 27.3 Å². The van der Waals surface area contributed by atoms with Crippen molar-refractivity contribution in [3.8, 4) is 0 Å². The summed E-state index contributed by atoms with van der Waals surface area (Å²) < 4.78 is 6.25. The van der Waals surface area contributed by atoms with Gasteiger partial charge in [0.15, 0.2) is 0 Å². The minimum Gasteiger partial charge on any atom is -0.460 e. The molecule has 1 aromatic rings. The van der Waals surface area contributed by atoms with Crippen LogP contribution in [0.5, 0.6) is 0 Å². The molecule has 90 valence electrons. The van der Waals surface area contributed by atoms with Gasteiger partial charge in [-0.25, -0.2) is 4.98 Å². The number of carbonyl (C=O) groups is 1. The van der Waals surface area contributed by atoms with E-state index in [0.717, 1.165) is 8.79 Å².